The van der Waals surface area contributed by atoms with Crippen LogP contribution >= 0.6 is 0 Å². The summed E-state index contributed by atoms with van der Waals surface area (Å²) in [5, 5.41) is 3.42. The standard InChI is InChI=1S/C22H23N3O4/c1-22(14-13-16-7-4-3-5-8-16)20(27)25(21(28)23-22)24-19(26)12-11-17-9-6-10-18(15-17)29-2/h3-12,15H,13-14H2,1-2H3,(H,23,28)(H,24,26)/b12-11+. The molecule has 0 bridgehead atoms. The minimum Gasteiger partial charge on any atom is -0.497 e. The summed E-state index contributed by atoms with van der Waals surface area (Å²) in [5.41, 5.74) is 3.10. The molecule has 29 heavy (non-hydrogen) atoms. The Morgan fingerprint density at radius 2 is 1.93 bits per heavy atom. The first-order valence-electron chi connectivity index (χ1n) is 9.25. The Morgan fingerprint density at radius 3 is 2.66 bits per heavy atom. The van der Waals surface area contributed by atoms with Crippen molar-refractivity contribution in [3.05, 3.63) is 71.8 Å². The monoisotopic (exact) mass is 393 g/mol. The Balaban J connectivity index is 1.61. The number of ether oxygens (including phenoxy) is 1. The molecule has 2 aromatic rings. The smallest absolute Gasteiger partial charge is 0.344 e. The van der Waals surface area contributed by atoms with Gasteiger partial charge >= 0.3 is 6.03 Å². The fourth-order valence-corrected chi connectivity index (χ4v) is 3.06. The molecule has 1 aliphatic heterocycles. The number of benzene rings is 2. The second-order valence-electron chi connectivity index (χ2n) is 6.97. The normalized spacial score (nSPS) is 18.8. The van der Waals surface area contributed by atoms with Gasteiger partial charge in [-0.2, -0.15) is 5.01 Å². The number of carbonyl (C=O) groups is 3. The van der Waals surface area contributed by atoms with Gasteiger partial charge in [0.2, 0.25) is 0 Å². The van der Waals surface area contributed by atoms with E-state index >= 15 is 0 Å². The van der Waals surface area contributed by atoms with Gasteiger partial charge in [-0.25, -0.2) is 4.79 Å². The number of aryl methyl sites for hydroxylation is 1. The maximum absolute atomic E-state index is 12.7. The number of hydrogen-bond acceptors (Lipinski definition) is 4. The number of rotatable bonds is 7. The van der Waals surface area contributed by atoms with Crippen LogP contribution in [0.5, 0.6) is 5.75 Å². The fraction of sp³-hybridized carbons (Fsp3) is 0.227. The van der Waals surface area contributed by atoms with E-state index in [0.717, 1.165) is 16.1 Å². The zero-order valence-electron chi connectivity index (χ0n) is 16.3. The van der Waals surface area contributed by atoms with Crippen LogP contribution in [-0.2, 0) is 16.0 Å². The molecule has 2 N–H and O–H groups in total. The Hall–Kier alpha value is -3.61. The van der Waals surface area contributed by atoms with Gasteiger partial charge in [0.05, 0.1) is 7.11 Å². The molecule has 150 valence electrons. The molecule has 0 radical (unpaired) electrons. The largest absolute Gasteiger partial charge is 0.497 e. The van der Waals surface area contributed by atoms with Gasteiger partial charge in [-0.1, -0.05) is 42.5 Å². The minimum atomic E-state index is -1.07. The van der Waals surface area contributed by atoms with E-state index in [0.29, 0.717) is 18.6 Å². The van der Waals surface area contributed by atoms with Crippen molar-refractivity contribution in [3.8, 4) is 5.75 Å². The van der Waals surface area contributed by atoms with E-state index < -0.39 is 23.4 Å². The van der Waals surface area contributed by atoms with Crippen LogP contribution < -0.4 is 15.5 Å². The summed E-state index contributed by atoms with van der Waals surface area (Å²) in [4.78, 5) is 37.2. The summed E-state index contributed by atoms with van der Waals surface area (Å²) in [5.74, 6) is -0.402. The molecule has 7 nitrogen and oxygen atoms in total. The van der Waals surface area contributed by atoms with E-state index in [9.17, 15) is 14.4 Å². The molecule has 2 aromatic carbocycles. The zero-order valence-corrected chi connectivity index (χ0v) is 16.3. The first kappa shape index (κ1) is 20.1. The molecule has 3 rings (SSSR count). The van der Waals surface area contributed by atoms with Gasteiger partial charge in [-0.05, 0) is 49.1 Å². The lowest BCUT2D eigenvalue weighted by Gasteiger charge is -2.21. The van der Waals surface area contributed by atoms with Crippen molar-refractivity contribution in [2.24, 2.45) is 0 Å². The molecule has 1 saturated heterocycles. The summed E-state index contributed by atoms with van der Waals surface area (Å²) in [6.07, 6.45) is 3.88. The molecule has 1 aliphatic rings. The lowest BCUT2D eigenvalue weighted by molar-refractivity contribution is -0.137. The van der Waals surface area contributed by atoms with Crippen LogP contribution in [0.25, 0.3) is 6.08 Å². The molecule has 1 atom stereocenters. The maximum atomic E-state index is 12.7. The van der Waals surface area contributed by atoms with Crippen molar-refractivity contribution in [3.63, 3.8) is 0 Å². The maximum Gasteiger partial charge on any atom is 0.344 e. The number of imide groups is 1. The number of methoxy groups -OCH3 is 1. The van der Waals surface area contributed by atoms with E-state index in [-0.39, 0.29) is 0 Å². The Bertz CT molecular complexity index is 942. The molecule has 0 spiro atoms. The van der Waals surface area contributed by atoms with Crippen molar-refractivity contribution in [2.45, 2.75) is 25.3 Å². The van der Waals surface area contributed by atoms with Gasteiger partial charge in [-0.3, -0.25) is 15.0 Å². The van der Waals surface area contributed by atoms with Gasteiger partial charge in [-0.15, -0.1) is 0 Å². The van der Waals surface area contributed by atoms with Crippen LogP contribution in [0.15, 0.2) is 60.7 Å². The molecular weight excluding hydrogens is 370 g/mol. The van der Waals surface area contributed by atoms with Crippen molar-refractivity contribution >= 4 is 23.9 Å². The van der Waals surface area contributed by atoms with Gasteiger partial charge in [0, 0.05) is 6.08 Å². The minimum absolute atomic E-state index is 0.424. The molecule has 0 aromatic heterocycles. The van der Waals surface area contributed by atoms with Gasteiger partial charge < -0.3 is 10.1 Å². The number of hydrogen-bond donors (Lipinski definition) is 2. The lowest BCUT2D eigenvalue weighted by Crippen LogP contribution is -2.48. The Morgan fingerprint density at radius 1 is 1.17 bits per heavy atom. The predicted octanol–water partition coefficient (Wildman–Crippen LogP) is 2.68. The molecule has 1 fully saturated rings. The second kappa shape index (κ2) is 8.60. The quantitative estimate of drug-likeness (QED) is 0.559. The molecule has 0 aliphatic carbocycles. The van der Waals surface area contributed by atoms with Crippen LogP contribution in [0.3, 0.4) is 0 Å². The topological polar surface area (TPSA) is 87.7 Å². The Kier molecular flexibility index (Phi) is 5.97. The molecule has 1 unspecified atom stereocenters. The van der Waals surface area contributed by atoms with Crippen LogP contribution in [0.2, 0.25) is 0 Å². The molecule has 4 amide bonds. The third-order valence-corrected chi connectivity index (χ3v) is 4.76. The van der Waals surface area contributed by atoms with Gasteiger partial charge in [0.25, 0.3) is 11.8 Å². The number of carbonyl (C=O) groups excluding carboxylic acids is 3. The SMILES string of the molecule is COc1cccc(/C=C/C(=O)NN2C(=O)NC(C)(CCc3ccccc3)C2=O)c1. The van der Waals surface area contributed by atoms with E-state index in [4.69, 9.17) is 4.74 Å². The number of nitrogens with one attached hydrogen (secondary N) is 2. The zero-order chi connectivity index (χ0) is 20.9. The van der Waals surface area contributed by atoms with Crippen molar-refractivity contribution < 1.29 is 19.1 Å². The summed E-state index contributed by atoms with van der Waals surface area (Å²) >= 11 is 0. The van der Waals surface area contributed by atoms with Crippen LogP contribution in [0.4, 0.5) is 4.79 Å². The number of urea groups is 1. The molecular formula is C22H23N3O4. The first-order valence-corrected chi connectivity index (χ1v) is 9.25. The summed E-state index contributed by atoms with van der Waals surface area (Å²) in [7, 11) is 1.56. The number of nitrogens with zero attached hydrogens (tertiary/aromatic N) is 1. The number of hydrazine groups is 1. The molecule has 0 saturated carbocycles. The van der Waals surface area contributed by atoms with Crippen LogP contribution in [-0.4, -0.2) is 35.5 Å². The van der Waals surface area contributed by atoms with Crippen LogP contribution in [0, 0.1) is 0 Å². The fourth-order valence-electron chi connectivity index (χ4n) is 3.06. The highest BCUT2D eigenvalue weighted by molar-refractivity contribution is 6.08. The van der Waals surface area contributed by atoms with E-state index in [2.05, 4.69) is 10.7 Å². The van der Waals surface area contributed by atoms with Crippen molar-refractivity contribution in [1.29, 1.82) is 0 Å². The first-order chi connectivity index (χ1) is 13.9. The number of amides is 4. The summed E-state index contributed by atoms with van der Waals surface area (Å²) < 4.78 is 5.13. The van der Waals surface area contributed by atoms with Crippen LogP contribution in [0.1, 0.15) is 24.5 Å². The summed E-state index contributed by atoms with van der Waals surface area (Å²) in [6.45, 7) is 1.66. The lowest BCUT2D eigenvalue weighted by atomic mass is 9.93. The second-order valence-corrected chi connectivity index (χ2v) is 6.97. The van der Waals surface area contributed by atoms with Crippen molar-refractivity contribution in [2.75, 3.05) is 7.11 Å². The third kappa shape index (κ3) is 4.82. The highest BCUT2D eigenvalue weighted by Gasteiger charge is 2.48. The summed E-state index contributed by atoms with van der Waals surface area (Å²) in [6, 6.07) is 16.2. The van der Waals surface area contributed by atoms with E-state index in [1.807, 2.05) is 30.3 Å². The van der Waals surface area contributed by atoms with E-state index in [1.165, 1.54) is 6.08 Å². The average molecular weight is 393 g/mol. The highest BCUT2D eigenvalue weighted by atomic mass is 16.5. The highest BCUT2D eigenvalue weighted by Crippen LogP contribution is 2.22. The third-order valence-electron chi connectivity index (χ3n) is 4.76. The van der Waals surface area contributed by atoms with Gasteiger partial charge in [0.15, 0.2) is 0 Å². The predicted molar refractivity (Wildman–Crippen MR) is 109 cm³/mol. The van der Waals surface area contributed by atoms with Crippen molar-refractivity contribution in [1.82, 2.24) is 15.8 Å². The average Bonchev–Trinajstić information content (AvgIpc) is 2.95. The molecule has 7 heteroatoms. The van der Waals surface area contributed by atoms with E-state index in [1.54, 1.807) is 44.4 Å². The van der Waals surface area contributed by atoms with Gasteiger partial charge in [0.1, 0.15) is 11.3 Å². The Labute approximate surface area is 169 Å². The molecule has 1 heterocycles.